The second-order valence-electron chi connectivity index (χ2n) is 9.14. The molecule has 2 fully saturated rings. The van der Waals surface area contributed by atoms with Crippen molar-refractivity contribution in [2.75, 3.05) is 39.3 Å². The van der Waals surface area contributed by atoms with Gasteiger partial charge in [-0.25, -0.2) is 4.90 Å². The van der Waals surface area contributed by atoms with Gasteiger partial charge in [-0.3, -0.25) is 5.01 Å². The topological polar surface area (TPSA) is 95.9 Å². The lowest BCUT2D eigenvalue weighted by Gasteiger charge is -2.32. The van der Waals surface area contributed by atoms with Gasteiger partial charge in [0.1, 0.15) is 17.7 Å². The zero-order chi connectivity index (χ0) is 23.9. The van der Waals surface area contributed by atoms with Crippen molar-refractivity contribution in [3.63, 3.8) is 0 Å². The summed E-state index contributed by atoms with van der Waals surface area (Å²) in [5.41, 5.74) is 0.918. The van der Waals surface area contributed by atoms with Crippen LogP contribution < -0.4 is 0 Å². The SMILES string of the molecule is OCCC1CCN(CCCCN2C(O)CN(N=Cc3ccc(-c4ccc(Cl)cc4)o3)C2O)CC1. The second-order valence-corrected chi connectivity index (χ2v) is 9.58. The van der Waals surface area contributed by atoms with Gasteiger partial charge >= 0.3 is 0 Å². The van der Waals surface area contributed by atoms with E-state index < -0.39 is 12.6 Å². The fourth-order valence-electron chi connectivity index (χ4n) is 4.70. The van der Waals surface area contributed by atoms with Crippen molar-refractivity contribution in [1.82, 2.24) is 14.8 Å². The van der Waals surface area contributed by atoms with Gasteiger partial charge in [0.25, 0.3) is 0 Å². The summed E-state index contributed by atoms with van der Waals surface area (Å²) in [6.07, 6.45) is 4.98. The van der Waals surface area contributed by atoms with E-state index in [0.717, 1.165) is 57.3 Å². The van der Waals surface area contributed by atoms with Gasteiger partial charge in [-0.2, -0.15) is 5.10 Å². The van der Waals surface area contributed by atoms with E-state index in [0.29, 0.717) is 29.0 Å². The summed E-state index contributed by atoms with van der Waals surface area (Å²) in [6, 6.07) is 11.1. The lowest BCUT2D eigenvalue weighted by Crippen LogP contribution is -2.40. The molecule has 0 spiro atoms. The maximum absolute atomic E-state index is 10.6. The Kier molecular flexibility index (Phi) is 8.99. The molecule has 8 nitrogen and oxygen atoms in total. The maximum Gasteiger partial charge on any atom is 0.203 e. The first-order valence-corrected chi connectivity index (χ1v) is 12.5. The van der Waals surface area contributed by atoms with E-state index in [4.69, 9.17) is 21.1 Å². The van der Waals surface area contributed by atoms with Crippen molar-refractivity contribution < 1.29 is 19.7 Å². The average molecular weight is 491 g/mol. The minimum atomic E-state index is -0.967. The number of halogens is 1. The van der Waals surface area contributed by atoms with Gasteiger partial charge in [-0.1, -0.05) is 11.6 Å². The number of piperidine rings is 1. The first-order valence-electron chi connectivity index (χ1n) is 12.1. The minimum absolute atomic E-state index is 0.237. The number of rotatable bonds is 10. The van der Waals surface area contributed by atoms with Gasteiger partial charge in [-0.15, -0.1) is 0 Å². The molecule has 2 saturated heterocycles. The predicted molar refractivity (Wildman–Crippen MR) is 132 cm³/mol. The molecule has 2 aliphatic rings. The van der Waals surface area contributed by atoms with Crippen molar-refractivity contribution in [2.45, 2.75) is 44.7 Å². The van der Waals surface area contributed by atoms with Crippen molar-refractivity contribution >= 4 is 17.8 Å². The summed E-state index contributed by atoms with van der Waals surface area (Å²) in [5.74, 6) is 1.93. The first-order chi connectivity index (χ1) is 16.5. The number of hydrogen-bond acceptors (Lipinski definition) is 8. The number of aliphatic hydroxyl groups is 3. The van der Waals surface area contributed by atoms with E-state index in [1.807, 2.05) is 36.4 Å². The van der Waals surface area contributed by atoms with Gasteiger partial charge in [0, 0.05) is 23.7 Å². The molecule has 4 rings (SSSR count). The molecule has 2 aromatic rings. The fraction of sp³-hybridized carbons (Fsp3) is 0.560. The highest BCUT2D eigenvalue weighted by Crippen LogP contribution is 2.24. The second kappa shape index (κ2) is 12.2. The molecule has 0 aliphatic carbocycles. The Morgan fingerprint density at radius 2 is 1.76 bits per heavy atom. The number of hydrogen-bond donors (Lipinski definition) is 3. The number of nitrogens with zero attached hydrogens (tertiary/aromatic N) is 4. The van der Waals surface area contributed by atoms with Gasteiger partial charge in [0.05, 0.1) is 12.8 Å². The van der Waals surface area contributed by atoms with Gasteiger partial charge in [0.2, 0.25) is 6.35 Å². The summed E-state index contributed by atoms with van der Waals surface area (Å²) >= 11 is 5.94. The molecule has 0 bridgehead atoms. The lowest BCUT2D eigenvalue weighted by atomic mass is 9.94. The molecule has 3 heterocycles. The summed E-state index contributed by atoms with van der Waals surface area (Å²) in [5, 5.41) is 36.6. The molecule has 1 aromatic carbocycles. The van der Waals surface area contributed by atoms with E-state index in [-0.39, 0.29) is 13.2 Å². The summed E-state index contributed by atoms with van der Waals surface area (Å²) in [4.78, 5) is 4.15. The number of unbranched alkanes of at least 4 members (excludes halogenated alkanes) is 1. The van der Waals surface area contributed by atoms with Crippen LogP contribution in [0, 0.1) is 5.92 Å². The molecule has 0 radical (unpaired) electrons. The molecule has 9 heteroatoms. The van der Waals surface area contributed by atoms with E-state index in [9.17, 15) is 10.2 Å². The molecule has 2 unspecified atom stereocenters. The smallest absolute Gasteiger partial charge is 0.203 e. The third-order valence-corrected chi connectivity index (χ3v) is 7.02. The summed E-state index contributed by atoms with van der Waals surface area (Å²) in [7, 11) is 0. The normalized spacial score (nSPS) is 22.9. The molecule has 3 N–H and O–H groups in total. The summed E-state index contributed by atoms with van der Waals surface area (Å²) < 4.78 is 5.82. The Labute approximate surface area is 206 Å². The zero-order valence-corrected chi connectivity index (χ0v) is 20.2. The molecule has 0 amide bonds. The van der Waals surface area contributed by atoms with Crippen LogP contribution in [0.3, 0.4) is 0 Å². The van der Waals surface area contributed by atoms with E-state index in [2.05, 4.69) is 10.0 Å². The van der Waals surface area contributed by atoms with Crippen LogP contribution in [0.2, 0.25) is 5.02 Å². The van der Waals surface area contributed by atoms with E-state index in [1.165, 1.54) is 5.01 Å². The third-order valence-electron chi connectivity index (χ3n) is 6.77. The van der Waals surface area contributed by atoms with Crippen LogP contribution in [-0.2, 0) is 0 Å². The van der Waals surface area contributed by atoms with Crippen LogP contribution >= 0.6 is 11.6 Å². The van der Waals surface area contributed by atoms with Crippen LogP contribution in [0.4, 0.5) is 0 Å². The third kappa shape index (κ3) is 6.59. The molecular formula is C25H35ClN4O4. The molecule has 34 heavy (non-hydrogen) atoms. The first kappa shape index (κ1) is 25.2. The Morgan fingerprint density at radius 1 is 1.03 bits per heavy atom. The number of likely N-dealkylation sites (tertiary alicyclic amines) is 1. The molecule has 2 atom stereocenters. The highest BCUT2D eigenvalue weighted by atomic mass is 35.5. The maximum atomic E-state index is 10.6. The van der Waals surface area contributed by atoms with E-state index >= 15 is 0 Å². The monoisotopic (exact) mass is 490 g/mol. The van der Waals surface area contributed by atoms with Crippen LogP contribution in [0.1, 0.15) is 37.9 Å². The number of benzene rings is 1. The largest absolute Gasteiger partial charge is 0.455 e. The van der Waals surface area contributed by atoms with Crippen molar-refractivity contribution in [1.29, 1.82) is 0 Å². The molecule has 1 aromatic heterocycles. The molecule has 186 valence electrons. The highest BCUT2D eigenvalue weighted by Gasteiger charge is 2.36. The van der Waals surface area contributed by atoms with Gasteiger partial charge in [-0.05, 0) is 94.1 Å². The van der Waals surface area contributed by atoms with E-state index in [1.54, 1.807) is 11.1 Å². The van der Waals surface area contributed by atoms with Gasteiger partial charge < -0.3 is 24.6 Å². The standard InChI is InChI=1S/C25H35ClN4O4/c26-21-5-3-20(4-6-21)23-8-7-22(34-23)17-27-30-18-24(32)29(25(30)33)13-2-1-12-28-14-9-19(10-15-28)11-16-31/h3-8,17,19,24-25,31-33H,1-2,9-16,18H2. The lowest BCUT2D eigenvalue weighted by molar-refractivity contribution is -0.0914. The fourth-order valence-corrected chi connectivity index (χ4v) is 4.82. The van der Waals surface area contributed by atoms with Crippen molar-refractivity contribution in [3.05, 3.63) is 47.2 Å². The van der Waals surface area contributed by atoms with Crippen LogP contribution in [0.15, 0.2) is 45.9 Å². The Morgan fingerprint density at radius 3 is 2.50 bits per heavy atom. The van der Waals surface area contributed by atoms with Crippen LogP contribution in [0.25, 0.3) is 11.3 Å². The number of β-amino-alcohol motifs (C(OH)–C–C–N with tert-alkyl or cyclic N) is 1. The Bertz CT molecular complexity index is 914. The molecule has 0 saturated carbocycles. The van der Waals surface area contributed by atoms with Crippen molar-refractivity contribution in [2.24, 2.45) is 11.0 Å². The Balaban J connectivity index is 1.21. The van der Waals surface area contributed by atoms with Gasteiger partial charge in [0.15, 0.2) is 0 Å². The highest BCUT2D eigenvalue weighted by molar-refractivity contribution is 6.30. The molecular weight excluding hydrogens is 456 g/mol. The predicted octanol–water partition coefficient (Wildman–Crippen LogP) is 3.02. The number of hydrazone groups is 1. The minimum Gasteiger partial charge on any atom is -0.455 e. The number of furan rings is 1. The quantitative estimate of drug-likeness (QED) is 0.348. The summed E-state index contributed by atoms with van der Waals surface area (Å²) in [6.45, 7) is 4.35. The average Bonchev–Trinajstić information content (AvgIpc) is 3.42. The Hall–Kier alpha value is -1.94. The number of aliphatic hydroxyl groups excluding tert-OH is 3. The molecule has 2 aliphatic heterocycles. The zero-order valence-electron chi connectivity index (χ0n) is 19.5. The van der Waals surface area contributed by atoms with Crippen LogP contribution in [0.5, 0.6) is 0 Å². The van der Waals surface area contributed by atoms with Crippen LogP contribution in [-0.4, -0.2) is 88.3 Å². The van der Waals surface area contributed by atoms with Crippen molar-refractivity contribution in [3.8, 4) is 11.3 Å².